The van der Waals surface area contributed by atoms with Gasteiger partial charge in [0.15, 0.2) is 0 Å². The number of carbonyl (C=O) groups is 1. The van der Waals surface area contributed by atoms with Crippen molar-refractivity contribution in [2.75, 3.05) is 7.11 Å². The van der Waals surface area contributed by atoms with Crippen LogP contribution in [0.5, 0.6) is 0 Å². The smallest absolute Gasteiger partial charge is 0.309 e. The topological polar surface area (TPSA) is 26.3 Å². The molecule has 74 valence electrons. The van der Waals surface area contributed by atoms with Gasteiger partial charge in [-0.2, -0.15) is 0 Å². The lowest BCUT2D eigenvalue weighted by Gasteiger charge is -1.98. The molecule has 0 saturated carbocycles. The number of allylic oxidation sites excluding steroid dienone is 3. The van der Waals surface area contributed by atoms with Gasteiger partial charge in [-0.05, 0) is 27.2 Å². The molecule has 13 heavy (non-hydrogen) atoms. The van der Waals surface area contributed by atoms with E-state index in [4.69, 9.17) is 0 Å². The maximum atomic E-state index is 10.8. The first-order valence-corrected chi connectivity index (χ1v) is 4.42. The normalized spacial score (nSPS) is 10.9. The second kappa shape index (κ2) is 6.46. The van der Waals surface area contributed by atoms with E-state index in [1.165, 1.54) is 12.7 Å². The fourth-order valence-corrected chi connectivity index (χ4v) is 0.868. The zero-order chi connectivity index (χ0) is 10.3. The summed E-state index contributed by atoms with van der Waals surface area (Å²) in [4.78, 5) is 10.8. The molecule has 2 nitrogen and oxygen atoms in total. The first kappa shape index (κ1) is 11.9. The highest BCUT2D eigenvalue weighted by Crippen LogP contribution is 2.04. The number of hydrogen-bond acceptors (Lipinski definition) is 2. The van der Waals surface area contributed by atoms with Gasteiger partial charge < -0.3 is 4.74 Å². The maximum absolute atomic E-state index is 10.8. The summed E-state index contributed by atoms with van der Waals surface area (Å²) in [5, 5.41) is 0. The standard InChI is InChI=1S/C11H18O2/c1-9(2)6-5-7-10(3)8-11(12)13-4/h6-7H,5,8H2,1-4H3/b10-7+. The molecule has 0 aliphatic carbocycles. The minimum absolute atomic E-state index is 0.175. The van der Waals surface area contributed by atoms with Crippen molar-refractivity contribution in [1.29, 1.82) is 0 Å². The van der Waals surface area contributed by atoms with Gasteiger partial charge in [-0.15, -0.1) is 0 Å². The zero-order valence-electron chi connectivity index (χ0n) is 8.89. The molecule has 0 unspecified atom stereocenters. The van der Waals surface area contributed by atoms with Crippen LogP contribution in [0.4, 0.5) is 0 Å². The summed E-state index contributed by atoms with van der Waals surface area (Å²) in [5.41, 5.74) is 2.35. The van der Waals surface area contributed by atoms with E-state index in [9.17, 15) is 4.79 Å². The number of esters is 1. The number of hydrogen-bond donors (Lipinski definition) is 0. The predicted molar refractivity (Wildman–Crippen MR) is 54.4 cm³/mol. The van der Waals surface area contributed by atoms with Crippen molar-refractivity contribution in [3.63, 3.8) is 0 Å². The zero-order valence-corrected chi connectivity index (χ0v) is 8.89. The molecule has 0 saturated heterocycles. The highest BCUT2D eigenvalue weighted by atomic mass is 16.5. The average Bonchev–Trinajstić information content (AvgIpc) is 2.03. The molecule has 0 fully saturated rings. The van der Waals surface area contributed by atoms with Gasteiger partial charge in [-0.1, -0.05) is 23.3 Å². The minimum atomic E-state index is -0.175. The van der Waals surface area contributed by atoms with E-state index in [0.29, 0.717) is 6.42 Å². The molecular weight excluding hydrogens is 164 g/mol. The van der Waals surface area contributed by atoms with E-state index >= 15 is 0 Å². The molecule has 0 bridgehead atoms. The fraction of sp³-hybridized carbons (Fsp3) is 0.545. The third-order valence-electron chi connectivity index (χ3n) is 1.64. The Labute approximate surface area is 80.3 Å². The summed E-state index contributed by atoms with van der Waals surface area (Å²) in [6.45, 7) is 6.06. The van der Waals surface area contributed by atoms with Crippen LogP contribution in [-0.2, 0) is 9.53 Å². The quantitative estimate of drug-likeness (QED) is 0.493. The Hall–Kier alpha value is -1.05. The molecule has 0 aromatic rings. The maximum Gasteiger partial charge on any atom is 0.309 e. The molecule has 0 spiro atoms. The van der Waals surface area contributed by atoms with E-state index < -0.39 is 0 Å². The van der Waals surface area contributed by atoms with Gasteiger partial charge in [0.2, 0.25) is 0 Å². The van der Waals surface area contributed by atoms with Crippen LogP contribution in [-0.4, -0.2) is 13.1 Å². The van der Waals surface area contributed by atoms with Gasteiger partial charge in [0, 0.05) is 0 Å². The van der Waals surface area contributed by atoms with Crippen LogP contribution in [0.1, 0.15) is 33.6 Å². The number of ether oxygens (including phenoxy) is 1. The molecule has 0 amide bonds. The Bertz CT molecular complexity index is 220. The van der Waals surface area contributed by atoms with Crippen molar-refractivity contribution in [3.8, 4) is 0 Å². The van der Waals surface area contributed by atoms with E-state index in [2.05, 4.69) is 24.7 Å². The highest BCUT2D eigenvalue weighted by Gasteiger charge is 1.99. The van der Waals surface area contributed by atoms with Crippen molar-refractivity contribution >= 4 is 5.97 Å². The molecular formula is C11H18O2. The van der Waals surface area contributed by atoms with E-state index in [-0.39, 0.29) is 5.97 Å². The van der Waals surface area contributed by atoms with Gasteiger partial charge >= 0.3 is 5.97 Å². The highest BCUT2D eigenvalue weighted by molar-refractivity contribution is 5.72. The van der Waals surface area contributed by atoms with Crippen molar-refractivity contribution in [3.05, 3.63) is 23.3 Å². The van der Waals surface area contributed by atoms with Crippen LogP contribution in [0.2, 0.25) is 0 Å². The molecule has 0 N–H and O–H groups in total. The van der Waals surface area contributed by atoms with Crippen molar-refractivity contribution in [2.45, 2.75) is 33.6 Å². The molecule has 2 heteroatoms. The Morgan fingerprint density at radius 3 is 2.31 bits per heavy atom. The third kappa shape index (κ3) is 7.32. The predicted octanol–water partition coefficient (Wildman–Crippen LogP) is 2.85. The fourth-order valence-electron chi connectivity index (χ4n) is 0.868. The number of carbonyl (C=O) groups excluding carboxylic acids is 1. The first-order valence-electron chi connectivity index (χ1n) is 4.42. The van der Waals surface area contributed by atoms with Gasteiger partial charge in [0.1, 0.15) is 0 Å². The molecule has 0 rings (SSSR count). The van der Waals surface area contributed by atoms with Gasteiger partial charge in [-0.3, -0.25) is 4.79 Å². The molecule has 0 radical (unpaired) electrons. The van der Waals surface area contributed by atoms with Crippen LogP contribution in [0.15, 0.2) is 23.3 Å². The molecule has 0 aromatic carbocycles. The minimum Gasteiger partial charge on any atom is -0.469 e. The second-order valence-corrected chi connectivity index (χ2v) is 3.32. The van der Waals surface area contributed by atoms with Crippen LogP contribution >= 0.6 is 0 Å². The van der Waals surface area contributed by atoms with Gasteiger partial charge in [0.05, 0.1) is 13.5 Å². The second-order valence-electron chi connectivity index (χ2n) is 3.32. The summed E-state index contributed by atoms with van der Waals surface area (Å²) in [6.07, 6.45) is 5.46. The summed E-state index contributed by atoms with van der Waals surface area (Å²) in [5.74, 6) is -0.175. The lowest BCUT2D eigenvalue weighted by atomic mass is 10.1. The molecule has 0 aliphatic heterocycles. The molecule has 0 atom stereocenters. The Kier molecular flexibility index (Phi) is 5.94. The van der Waals surface area contributed by atoms with Crippen LogP contribution < -0.4 is 0 Å². The summed E-state index contributed by atoms with van der Waals surface area (Å²) < 4.78 is 4.55. The summed E-state index contributed by atoms with van der Waals surface area (Å²) in [7, 11) is 1.41. The molecule has 0 aromatic heterocycles. The van der Waals surface area contributed by atoms with Gasteiger partial charge in [-0.25, -0.2) is 0 Å². The number of rotatable bonds is 4. The summed E-state index contributed by atoms with van der Waals surface area (Å²) >= 11 is 0. The SMILES string of the molecule is COC(=O)C/C(C)=C/CC=C(C)C. The first-order chi connectivity index (χ1) is 6.06. The monoisotopic (exact) mass is 182 g/mol. The average molecular weight is 182 g/mol. The largest absolute Gasteiger partial charge is 0.469 e. The van der Waals surface area contributed by atoms with Crippen molar-refractivity contribution in [2.24, 2.45) is 0 Å². The molecule has 0 heterocycles. The third-order valence-corrected chi connectivity index (χ3v) is 1.64. The molecule has 0 aliphatic rings. The summed E-state index contributed by atoms with van der Waals surface area (Å²) in [6, 6.07) is 0. The van der Waals surface area contributed by atoms with E-state index in [0.717, 1.165) is 12.0 Å². The van der Waals surface area contributed by atoms with E-state index in [1.807, 2.05) is 13.0 Å². The Balaban J connectivity index is 3.89. The lowest BCUT2D eigenvalue weighted by Crippen LogP contribution is -1.99. The number of methoxy groups -OCH3 is 1. The van der Waals surface area contributed by atoms with Crippen molar-refractivity contribution in [1.82, 2.24) is 0 Å². The Morgan fingerprint density at radius 1 is 1.23 bits per heavy atom. The Morgan fingerprint density at radius 2 is 1.85 bits per heavy atom. The van der Waals surface area contributed by atoms with Crippen molar-refractivity contribution < 1.29 is 9.53 Å². The van der Waals surface area contributed by atoms with Gasteiger partial charge in [0.25, 0.3) is 0 Å². The lowest BCUT2D eigenvalue weighted by molar-refractivity contribution is -0.139. The van der Waals surface area contributed by atoms with Crippen LogP contribution in [0, 0.1) is 0 Å². The van der Waals surface area contributed by atoms with Crippen LogP contribution in [0.3, 0.4) is 0 Å². The van der Waals surface area contributed by atoms with Crippen LogP contribution in [0.25, 0.3) is 0 Å². The van der Waals surface area contributed by atoms with E-state index in [1.54, 1.807) is 0 Å².